The third kappa shape index (κ3) is 5.57. The van der Waals surface area contributed by atoms with Crippen molar-refractivity contribution in [2.75, 3.05) is 18.5 Å². The standard InChI is InChI=1S/C20H22N2O5/c1-4-26-18-10-7-15(12-19(18)27-5-2)8-11-20(23)21-17-13-16(22(24)25)9-6-14(17)3/h6-13H,4-5H2,1-3H3,(H,21,23). The molecule has 7 nitrogen and oxygen atoms in total. The zero-order valence-electron chi connectivity index (χ0n) is 15.5. The maximum Gasteiger partial charge on any atom is 0.271 e. The molecule has 0 saturated heterocycles. The van der Waals surface area contributed by atoms with E-state index in [1.165, 1.54) is 18.2 Å². The molecule has 2 aromatic carbocycles. The number of aryl methyl sites for hydroxylation is 1. The highest BCUT2D eigenvalue weighted by Gasteiger charge is 2.10. The van der Waals surface area contributed by atoms with Gasteiger partial charge in [0.15, 0.2) is 11.5 Å². The van der Waals surface area contributed by atoms with E-state index in [4.69, 9.17) is 9.47 Å². The van der Waals surface area contributed by atoms with E-state index in [1.54, 1.807) is 31.2 Å². The molecule has 0 aliphatic rings. The number of carbonyl (C=O) groups is 1. The molecule has 0 unspecified atom stereocenters. The molecule has 27 heavy (non-hydrogen) atoms. The molecule has 1 N–H and O–H groups in total. The molecule has 0 heterocycles. The minimum atomic E-state index is -0.500. The van der Waals surface area contributed by atoms with E-state index in [0.717, 1.165) is 11.1 Å². The average molecular weight is 370 g/mol. The van der Waals surface area contributed by atoms with Crippen molar-refractivity contribution in [1.82, 2.24) is 0 Å². The smallest absolute Gasteiger partial charge is 0.271 e. The number of anilines is 1. The van der Waals surface area contributed by atoms with Crippen LogP contribution in [-0.4, -0.2) is 24.0 Å². The van der Waals surface area contributed by atoms with Gasteiger partial charge in [0.25, 0.3) is 5.69 Å². The Morgan fingerprint density at radius 1 is 1.11 bits per heavy atom. The molecular formula is C20H22N2O5. The molecule has 0 fully saturated rings. The Morgan fingerprint density at radius 2 is 1.81 bits per heavy atom. The minimum Gasteiger partial charge on any atom is -0.490 e. The van der Waals surface area contributed by atoms with Crippen LogP contribution in [0.1, 0.15) is 25.0 Å². The first-order chi connectivity index (χ1) is 12.9. The third-order valence-electron chi connectivity index (χ3n) is 3.68. The first-order valence-electron chi connectivity index (χ1n) is 8.58. The van der Waals surface area contributed by atoms with Gasteiger partial charge in [0, 0.05) is 18.2 Å². The van der Waals surface area contributed by atoms with Gasteiger partial charge in [-0.25, -0.2) is 0 Å². The normalized spacial score (nSPS) is 10.6. The van der Waals surface area contributed by atoms with Gasteiger partial charge in [-0.15, -0.1) is 0 Å². The molecule has 0 atom stereocenters. The highest BCUT2D eigenvalue weighted by Crippen LogP contribution is 2.29. The second-order valence-corrected chi connectivity index (χ2v) is 5.65. The highest BCUT2D eigenvalue weighted by molar-refractivity contribution is 6.02. The Labute approximate surface area is 157 Å². The van der Waals surface area contributed by atoms with E-state index in [9.17, 15) is 14.9 Å². The molecule has 142 valence electrons. The number of amides is 1. The zero-order chi connectivity index (χ0) is 19.8. The van der Waals surface area contributed by atoms with E-state index >= 15 is 0 Å². The fourth-order valence-corrected chi connectivity index (χ4v) is 2.38. The van der Waals surface area contributed by atoms with E-state index in [2.05, 4.69) is 5.32 Å². The van der Waals surface area contributed by atoms with Gasteiger partial charge >= 0.3 is 0 Å². The lowest BCUT2D eigenvalue weighted by atomic mass is 10.1. The van der Waals surface area contributed by atoms with Crippen molar-refractivity contribution in [3.05, 3.63) is 63.7 Å². The Hall–Kier alpha value is -3.35. The summed E-state index contributed by atoms with van der Waals surface area (Å²) in [4.78, 5) is 22.6. The highest BCUT2D eigenvalue weighted by atomic mass is 16.6. The van der Waals surface area contributed by atoms with Gasteiger partial charge in [-0.1, -0.05) is 12.1 Å². The molecule has 0 bridgehead atoms. The number of ether oxygens (including phenoxy) is 2. The number of non-ortho nitro benzene ring substituents is 1. The van der Waals surface area contributed by atoms with Crippen LogP contribution in [0, 0.1) is 17.0 Å². The van der Waals surface area contributed by atoms with Gasteiger partial charge in [-0.05, 0) is 50.1 Å². The monoisotopic (exact) mass is 370 g/mol. The molecule has 0 aromatic heterocycles. The number of rotatable bonds is 8. The van der Waals surface area contributed by atoms with E-state index in [0.29, 0.717) is 30.4 Å². The van der Waals surface area contributed by atoms with Gasteiger partial charge in [0.05, 0.1) is 23.8 Å². The fraction of sp³-hybridized carbons (Fsp3) is 0.250. The van der Waals surface area contributed by atoms with Crippen LogP contribution in [0.15, 0.2) is 42.5 Å². The molecule has 7 heteroatoms. The third-order valence-corrected chi connectivity index (χ3v) is 3.68. The minimum absolute atomic E-state index is 0.0762. The van der Waals surface area contributed by atoms with Crippen LogP contribution in [0.2, 0.25) is 0 Å². The predicted octanol–water partition coefficient (Wildman–Crippen LogP) is 4.35. The first kappa shape index (κ1) is 20.0. The Morgan fingerprint density at radius 3 is 2.48 bits per heavy atom. The SMILES string of the molecule is CCOc1ccc(C=CC(=O)Nc2cc([N+](=O)[O-])ccc2C)cc1OCC. The van der Waals surface area contributed by atoms with Crippen molar-refractivity contribution in [3.8, 4) is 11.5 Å². The van der Waals surface area contributed by atoms with Crippen LogP contribution in [0.25, 0.3) is 6.08 Å². The van der Waals surface area contributed by atoms with Crippen LogP contribution in [0.5, 0.6) is 11.5 Å². The summed E-state index contributed by atoms with van der Waals surface area (Å²) >= 11 is 0. The van der Waals surface area contributed by atoms with Gasteiger partial charge in [0.2, 0.25) is 5.91 Å². The lowest BCUT2D eigenvalue weighted by Crippen LogP contribution is -2.09. The Balaban J connectivity index is 2.13. The molecule has 2 rings (SSSR count). The van der Waals surface area contributed by atoms with Gasteiger partial charge in [0.1, 0.15) is 0 Å². The van der Waals surface area contributed by atoms with Crippen molar-refractivity contribution in [3.63, 3.8) is 0 Å². The second kappa shape index (κ2) is 9.38. The summed E-state index contributed by atoms with van der Waals surface area (Å²) in [6.45, 7) is 6.57. The number of nitro groups is 1. The quantitative estimate of drug-likeness (QED) is 0.424. The number of nitrogens with one attached hydrogen (secondary N) is 1. The fourth-order valence-electron chi connectivity index (χ4n) is 2.38. The maximum absolute atomic E-state index is 12.2. The number of benzene rings is 2. The largest absolute Gasteiger partial charge is 0.490 e. The summed E-state index contributed by atoms with van der Waals surface area (Å²) in [6, 6.07) is 9.73. The first-order valence-corrected chi connectivity index (χ1v) is 8.58. The summed E-state index contributed by atoms with van der Waals surface area (Å²) < 4.78 is 11.1. The number of nitrogens with zero attached hydrogens (tertiary/aromatic N) is 1. The topological polar surface area (TPSA) is 90.7 Å². The van der Waals surface area contributed by atoms with Gasteiger partial charge in [-0.3, -0.25) is 14.9 Å². The Kier molecular flexibility index (Phi) is 6.93. The van der Waals surface area contributed by atoms with E-state index in [-0.39, 0.29) is 11.6 Å². The van der Waals surface area contributed by atoms with Crippen LogP contribution in [-0.2, 0) is 4.79 Å². The van der Waals surface area contributed by atoms with E-state index in [1.807, 2.05) is 19.9 Å². The lowest BCUT2D eigenvalue weighted by molar-refractivity contribution is -0.384. The van der Waals surface area contributed by atoms with Crippen LogP contribution < -0.4 is 14.8 Å². The molecule has 0 saturated carbocycles. The number of carbonyl (C=O) groups excluding carboxylic acids is 1. The van der Waals surface area contributed by atoms with Gasteiger partial charge in [-0.2, -0.15) is 0 Å². The van der Waals surface area contributed by atoms with Crippen molar-refractivity contribution in [1.29, 1.82) is 0 Å². The number of nitro benzene ring substituents is 1. The summed E-state index contributed by atoms with van der Waals surface area (Å²) in [5, 5.41) is 13.5. The molecule has 0 spiro atoms. The summed E-state index contributed by atoms with van der Waals surface area (Å²) in [5.74, 6) is 0.870. The molecule has 0 aliphatic carbocycles. The van der Waals surface area contributed by atoms with Crippen molar-refractivity contribution in [2.24, 2.45) is 0 Å². The Bertz CT molecular complexity index is 861. The lowest BCUT2D eigenvalue weighted by Gasteiger charge is -2.11. The molecule has 0 radical (unpaired) electrons. The molecule has 2 aromatic rings. The van der Waals surface area contributed by atoms with Crippen molar-refractivity contribution >= 4 is 23.4 Å². The maximum atomic E-state index is 12.2. The van der Waals surface area contributed by atoms with Crippen molar-refractivity contribution in [2.45, 2.75) is 20.8 Å². The van der Waals surface area contributed by atoms with Crippen LogP contribution >= 0.6 is 0 Å². The van der Waals surface area contributed by atoms with Gasteiger partial charge < -0.3 is 14.8 Å². The van der Waals surface area contributed by atoms with Crippen LogP contribution in [0.4, 0.5) is 11.4 Å². The molecule has 1 amide bonds. The number of hydrogen-bond acceptors (Lipinski definition) is 5. The average Bonchev–Trinajstić information content (AvgIpc) is 2.64. The predicted molar refractivity (Wildman–Crippen MR) is 104 cm³/mol. The summed E-state index contributed by atoms with van der Waals surface area (Å²) in [7, 11) is 0. The summed E-state index contributed by atoms with van der Waals surface area (Å²) in [6.07, 6.45) is 3.00. The second-order valence-electron chi connectivity index (χ2n) is 5.65. The van der Waals surface area contributed by atoms with E-state index < -0.39 is 4.92 Å². The molecular weight excluding hydrogens is 348 g/mol. The number of hydrogen-bond donors (Lipinski definition) is 1. The van der Waals surface area contributed by atoms with Crippen LogP contribution in [0.3, 0.4) is 0 Å². The summed E-state index contributed by atoms with van der Waals surface area (Å²) in [5.41, 5.74) is 1.84. The molecule has 0 aliphatic heterocycles. The zero-order valence-corrected chi connectivity index (χ0v) is 15.5. The van der Waals surface area contributed by atoms with Crippen molar-refractivity contribution < 1.29 is 19.2 Å².